The highest BCUT2D eigenvalue weighted by molar-refractivity contribution is 5.87. The molecule has 3 saturated carbocycles. The maximum Gasteiger partial charge on any atom is 0.331 e. The van der Waals surface area contributed by atoms with E-state index in [1.54, 1.807) is 41.3 Å². The molecule has 78 heavy (non-hydrogen) atoms. The molecule has 0 amide bonds. The van der Waals surface area contributed by atoms with Gasteiger partial charge in [-0.25, -0.2) is 4.79 Å². The first-order valence-corrected chi connectivity index (χ1v) is 28.2. The van der Waals surface area contributed by atoms with Crippen molar-refractivity contribution in [3.63, 3.8) is 0 Å². The van der Waals surface area contributed by atoms with Gasteiger partial charge >= 0.3 is 5.97 Å². The molecule has 440 valence electrons. The van der Waals surface area contributed by atoms with Crippen LogP contribution in [0.1, 0.15) is 118 Å². The van der Waals surface area contributed by atoms with E-state index in [0.717, 1.165) is 11.1 Å². The van der Waals surface area contributed by atoms with Gasteiger partial charge in [0.1, 0.15) is 59.5 Å². The van der Waals surface area contributed by atoms with Crippen LogP contribution in [-0.4, -0.2) is 205 Å². The van der Waals surface area contributed by atoms with Crippen LogP contribution in [0.15, 0.2) is 48.1 Å². The van der Waals surface area contributed by atoms with Gasteiger partial charge < -0.3 is 92.2 Å². The Morgan fingerprint density at radius 3 is 1.77 bits per heavy atom. The molecule has 1 aromatic rings. The number of ether oxygens (including phenoxy) is 13. The molecular weight excluding hydrogens is 1020 g/mol. The summed E-state index contributed by atoms with van der Waals surface area (Å²) in [5.74, 6) is -1.21. The molecule has 0 radical (unpaired) electrons. The molecule has 0 aromatic heterocycles. The molecule has 4 heterocycles. The Morgan fingerprint density at radius 1 is 0.679 bits per heavy atom. The van der Waals surface area contributed by atoms with E-state index in [2.05, 4.69) is 6.92 Å². The number of hydrogen-bond acceptors (Lipinski definition) is 20. The molecule has 8 aliphatic rings. The quantitative estimate of drug-likeness (QED) is 0.0777. The molecule has 26 atom stereocenters. The Hall–Kier alpha value is -2.55. The van der Waals surface area contributed by atoms with Crippen LogP contribution in [-0.2, 0) is 66.4 Å². The van der Waals surface area contributed by atoms with Crippen LogP contribution in [0.25, 0.3) is 6.08 Å². The molecule has 4 saturated heterocycles. The first-order chi connectivity index (χ1) is 37.0. The fraction of sp³-hybridized carbons (Fsp3) is 0.810. The summed E-state index contributed by atoms with van der Waals surface area (Å²) in [6.45, 7) is 12.6. The van der Waals surface area contributed by atoms with Crippen molar-refractivity contribution in [3.8, 4) is 0 Å². The number of benzene rings is 1. The number of carbonyl (C=O) groups excluding carboxylic acids is 1. The van der Waals surface area contributed by atoms with Crippen LogP contribution in [0.2, 0.25) is 0 Å². The standard InChI is InChI=1S/C58H88O20/c1-30-47(61)52(69-11)48(62)53(73-30)78-51-33(4)72-46(28-40(51)68-10)77-50-32(3)71-45(27-39(50)67-9)76-49-31(2)70-44(26-38(49)66-8)74-37-20-21-54(6)36(25-37)19-22-57(64)41(54)29-42(75-43(60)18-17-35-15-13-12-14-16-35)55(7)56(63,34(5)59)23-24-58(55,57)65/h12-19,30-34,37-42,44-53,59,61-65H,20-29H2,1-11H3/t30-,31-,32-,33-,34+,37+,38+,39+,40-,41-,42-,44+,45+,46+,47-,48-,49-,50-,51-,52-,53+,54+,55-,56-,57+,58-/m1/s1. The summed E-state index contributed by atoms with van der Waals surface area (Å²) in [6, 6.07) is 9.34. The van der Waals surface area contributed by atoms with Gasteiger partial charge in [0.2, 0.25) is 0 Å². The van der Waals surface area contributed by atoms with E-state index in [0.29, 0.717) is 38.5 Å². The fourth-order valence-corrected chi connectivity index (χ4v) is 15.2. The molecule has 20 heteroatoms. The van der Waals surface area contributed by atoms with Crippen LogP contribution in [0.4, 0.5) is 0 Å². The zero-order valence-corrected chi connectivity index (χ0v) is 47.2. The van der Waals surface area contributed by atoms with E-state index in [-0.39, 0.29) is 31.8 Å². The van der Waals surface area contributed by atoms with Gasteiger partial charge in [-0.2, -0.15) is 0 Å². The number of fused-ring (bicyclic) bond motifs is 5. The second kappa shape index (κ2) is 23.6. The van der Waals surface area contributed by atoms with E-state index in [4.69, 9.17) is 61.6 Å². The van der Waals surface area contributed by atoms with Gasteiger partial charge in [0, 0.05) is 59.7 Å². The van der Waals surface area contributed by atoms with Crippen molar-refractivity contribution in [2.24, 2.45) is 16.7 Å². The monoisotopic (exact) mass is 1100 g/mol. The number of rotatable bonds is 16. The number of hydrogen-bond donors (Lipinski definition) is 6. The summed E-state index contributed by atoms with van der Waals surface area (Å²) in [6.07, 6.45) is -5.94. The Bertz CT molecular complexity index is 2250. The van der Waals surface area contributed by atoms with Gasteiger partial charge in [-0.1, -0.05) is 55.8 Å². The van der Waals surface area contributed by atoms with Crippen molar-refractivity contribution in [1.29, 1.82) is 0 Å². The van der Waals surface area contributed by atoms with Gasteiger partial charge in [0.25, 0.3) is 0 Å². The van der Waals surface area contributed by atoms with Crippen LogP contribution in [0.3, 0.4) is 0 Å². The first kappa shape index (κ1) is 60.1. The molecule has 9 rings (SSSR count). The Balaban J connectivity index is 0.809. The minimum Gasteiger partial charge on any atom is -0.458 e. The van der Waals surface area contributed by atoms with E-state index in [9.17, 15) is 35.4 Å². The smallest absolute Gasteiger partial charge is 0.331 e. The first-order valence-electron chi connectivity index (χ1n) is 28.2. The summed E-state index contributed by atoms with van der Waals surface area (Å²) in [4.78, 5) is 13.6. The third kappa shape index (κ3) is 10.6. The summed E-state index contributed by atoms with van der Waals surface area (Å²) in [7, 11) is 6.25. The SMILES string of the molecule is CO[C@H]1[C@@H](O)[C@H](O[C@@H]2[C@@H](C)O[C@@H](O[C@H]3[C@@H](OC)C[C@H](O[C@H]4[C@@H](OC)C[C@H](O[C@H]5CC[C@@]6(C)C(=CC[C@]7(O)[C@@H]6C[C@@H](OC(=O)C=Cc6ccccc6)[C@@]6(C)[C@]7(O)CC[C@@]6(O)[C@H](C)O)C5)O[C@@H]4C)O[C@@H]3C)C[C@H]2OC)O[C@H](C)[C@H]1O. The van der Waals surface area contributed by atoms with Crippen LogP contribution >= 0.6 is 0 Å². The Morgan fingerprint density at radius 2 is 1.23 bits per heavy atom. The third-order valence-electron chi connectivity index (χ3n) is 19.8. The number of aliphatic hydroxyl groups excluding tert-OH is 3. The second-order valence-electron chi connectivity index (χ2n) is 23.9. The lowest BCUT2D eigenvalue weighted by Gasteiger charge is -2.67. The molecule has 6 N–H and O–H groups in total. The van der Waals surface area contributed by atoms with Gasteiger partial charge in [0.15, 0.2) is 25.2 Å². The summed E-state index contributed by atoms with van der Waals surface area (Å²) >= 11 is 0. The number of carbonyl (C=O) groups is 1. The number of methoxy groups -OCH3 is 4. The van der Waals surface area contributed by atoms with Gasteiger partial charge in [-0.05, 0) is 96.6 Å². The van der Waals surface area contributed by atoms with Crippen molar-refractivity contribution in [3.05, 3.63) is 53.6 Å². The zero-order chi connectivity index (χ0) is 56.3. The van der Waals surface area contributed by atoms with Crippen molar-refractivity contribution >= 4 is 12.0 Å². The number of aliphatic hydroxyl groups is 6. The van der Waals surface area contributed by atoms with Gasteiger partial charge in [-0.3, -0.25) is 0 Å². The van der Waals surface area contributed by atoms with E-state index < -0.39 is 156 Å². The highest BCUT2D eigenvalue weighted by Crippen LogP contribution is 2.71. The summed E-state index contributed by atoms with van der Waals surface area (Å²) < 4.78 is 81.1. The highest BCUT2D eigenvalue weighted by atomic mass is 16.8. The molecule has 0 bridgehead atoms. The highest BCUT2D eigenvalue weighted by Gasteiger charge is 2.81. The second-order valence-corrected chi connectivity index (χ2v) is 23.9. The minimum absolute atomic E-state index is 0.00562. The summed E-state index contributed by atoms with van der Waals surface area (Å²) in [5, 5.41) is 70.8. The van der Waals surface area contributed by atoms with Crippen LogP contribution in [0.5, 0.6) is 0 Å². The van der Waals surface area contributed by atoms with E-state index >= 15 is 0 Å². The third-order valence-corrected chi connectivity index (χ3v) is 19.8. The number of esters is 1. The van der Waals surface area contributed by atoms with Gasteiger partial charge in [0.05, 0.1) is 60.4 Å². The molecule has 0 spiro atoms. The van der Waals surface area contributed by atoms with Crippen molar-refractivity contribution in [1.82, 2.24) is 0 Å². The van der Waals surface area contributed by atoms with Crippen LogP contribution in [0, 0.1) is 16.7 Å². The van der Waals surface area contributed by atoms with E-state index in [1.165, 1.54) is 20.1 Å². The normalized spacial score (nSPS) is 49.1. The zero-order valence-electron chi connectivity index (χ0n) is 47.2. The van der Waals surface area contributed by atoms with Crippen molar-refractivity contribution in [2.45, 2.75) is 252 Å². The average molecular weight is 1110 g/mol. The average Bonchev–Trinajstić information content (AvgIpc) is 2.85. The fourth-order valence-electron chi connectivity index (χ4n) is 15.2. The van der Waals surface area contributed by atoms with Crippen LogP contribution < -0.4 is 0 Å². The Kier molecular flexibility index (Phi) is 18.2. The molecule has 1 aromatic carbocycles. The molecule has 7 fully saturated rings. The lowest BCUT2D eigenvalue weighted by atomic mass is 9.42. The molecule has 0 unspecified atom stereocenters. The van der Waals surface area contributed by atoms with Crippen molar-refractivity contribution in [2.75, 3.05) is 28.4 Å². The molecule has 4 aliphatic heterocycles. The largest absolute Gasteiger partial charge is 0.458 e. The molecule has 4 aliphatic carbocycles. The van der Waals surface area contributed by atoms with E-state index in [1.807, 2.05) is 57.2 Å². The summed E-state index contributed by atoms with van der Waals surface area (Å²) in [5.41, 5.74) is -5.84. The predicted octanol–water partition coefficient (Wildman–Crippen LogP) is 4.00. The lowest BCUT2D eigenvalue weighted by Crippen LogP contribution is -2.78. The Labute approximate surface area is 458 Å². The minimum atomic E-state index is -1.92. The maximum absolute atomic E-state index is 13.6. The lowest BCUT2D eigenvalue weighted by molar-refractivity contribution is -0.356. The topological polar surface area (TPSA) is 258 Å². The van der Waals surface area contributed by atoms with Crippen molar-refractivity contribution < 1.29 is 97.0 Å². The molecular formula is C58H88O20. The molecule has 20 nitrogen and oxygen atoms in total. The maximum atomic E-state index is 13.6. The predicted molar refractivity (Wildman–Crippen MR) is 278 cm³/mol. The van der Waals surface area contributed by atoms with Gasteiger partial charge in [-0.15, -0.1) is 0 Å².